The Morgan fingerprint density at radius 1 is 0.932 bits per heavy atom. The molecule has 4 saturated carbocycles. The lowest BCUT2D eigenvalue weighted by molar-refractivity contribution is -0.203. The van der Waals surface area contributed by atoms with Gasteiger partial charge in [0, 0.05) is 19.5 Å². The van der Waals surface area contributed by atoms with Gasteiger partial charge in [-0.15, -0.1) is 0 Å². The van der Waals surface area contributed by atoms with Crippen LogP contribution in [0.3, 0.4) is 0 Å². The molecule has 1 heterocycles. The second kappa shape index (κ2) is 12.8. The van der Waals surface area contributed by atoms with Crippen molar-refractivity contribution in [2.24, 2.45) is 63.6 Å². The number of nitrogens with zero attached hydrogens (tertiary/aromatic N) is 1. The van der Waals surface area contributed by atoms with Gasteiger partial charge in [-0.3, -0.25) is 4.79 Å². The average Bonchev–Trinajstić information content (AvgIpc) is 3.30. The molecular formula is C37H65NO5S. The van der Waals surface area contributed by atoms with E-state index in [1.807, 2.05) is 0 Å². The molecule has 5 aliphatic rings. The minimum absolute atomic E-state index is 0.137. The van der Waals surface area contributed by atoms with Crippen LogP contribution >= 0.6 is 0 Å². The van der Waals surface area contributed by atoms with Gasteiger partial charge in [-0.1, -0.05) is 61.3 Å². The highest BCUT2D eigenvalue weighted by Crippen LogP contribution is 2.69. The van der Waals surface area contributed by atoms with Crippen molar-refractivity contribution < 1.29 is 23.4 Å². The largest absolute Gasteiger partial charge is 0.393 e. The van der Waals surface area contributed by atoms with E-state index in [1.165, 1.54) is 25.7 Å². The monoisotopic (exact) mass is 635 g/mol. The third kappa shape index (κ3) is 6.35. The summed E-state index contributed by atoms with van der Waals surface area (Å²) in [6.45, 7) is 17.3. The fourth-order valence-corrected chi connectivity index (χ4v) is 13.6. The Morgan fingerprint density at radius 3 is 2.20 bits per heavy atom. The van der Waals surface area contributed by atoms with E-state index in [9.17, 15) is 23.4 Å². The van der Waals surface area contributed by atoms with Gasteiger partial charge in [-0.2, -0.15) is 0 Å². The molecule has 44 heavy (non-hydrogen) atoms. The summed E-state index contributed by atoms with van der Waals surface area (Å²) in [6, 6.07) is 0. The number of sulfonamides is 1. The zero-order valence-electron chi connectivity index (χ0n) is 29.1. The molecule has 6 nitrogen and oxygen atoms in total. The van der Waals surface area contributed by atoms with E-state index >= 15 is 0 Å². The van der Waals surface area contributed by atoms with Crippen LogP contribution < -0.4 is 0 Å². The first kappa shape index (κ1) is 34.8. The van der Waals surface area contributed by atoms with Gasteiger partial charge >= 0.3 is 0 Å². The quantitative estimate of drug-likeness (QED) is 0.283. The first-order chi connectivity index (χ1) is 20.5. The van der Waals surface area contributed by atoms with Crippen molar-refractivity contribution in [1.29, 1.82) is 0 Å². The molecule has 7 heteroatoms. The summed E-state index contributed by atoms with van der Waals surface area (Å²) < 4.78 is 27.6. The highest BCUT2D eigenvalue weighted by atomic mass is 32.2. The summed E-state index contributed by atoms with van der Waals surface area (Å²) >= 11 is 0. The fourth-order valence-electron chi connectivity index (χ4n) is 12.1. The predicted octanol–water partition coefficient (Wildman–Crippen LogP) is 7.08. The lowest BCUT2D eigenvalue weighted by atomic mass is 9.41. The van der Waals surface area contributed by atoms with E-state index < -0.39 is 10.0 Å². The molecule has 254 valence electrons. The number of hydrogen-bond donors (Lipinski definition) is 2. The van der Waals surface area contributed by atoms with Crippen molar-refractivity contribution in [3.05, 3.63) is 0 Å². The third-order valence-electron chi connectivity index (χ3n) is 14.7. The van der Waals surface area contributed by atoms with Crippen molar-refractivity contribution in [2.75, 3.05) is 18.8 Å². The summed E-state index contributed by atoms with van der Waals surface area (Å²) in [5, 5.41) is 22.5. The van der Waals surface area contributed by atoms with E-state index in [1.54, 1.807) is 4.31 Å². The number of hydrogen-bond acceptors (Lipinski definition) is 5. The second-order valence-corrected chi connectivity index (χ2v) is 19.8. The van der Waals surface area contributed by atoms with Crippen molar-refractivity contribution in [1.82, 2.24) is 4.31 Å². The lowest BCUT2D eigenvalue weighted by Crippen LogP contribution is -2.62. The highest BCUT2D eigenvalue weighted by Gasteiger charge is 2.64. The molecule has 11 atom stereocenters. The van der Waals surface area contributed by atoms with Crippen LogP contribution in [0.4, 0.5) is 0 Å². The Balaban J connectivity index is 1.16. The van der Waals surface area contributed by atoms with Crippen LogP contribution in [0.5, 0.6) is 0 Å². The van der Waals surface area contributed by atoms with Gasteiger partial charge < -0.3 is 10.2 Å². The van der Waals surface area contributed by atoms with Crippen LogP contribution in [0.2, 0.25) is 0 Å². The minimum Gasteiger partial charge on any atom is -0.393 e. The van der Waals surface area contributed by atoms with Crippen molar-refractivity contribution in [3.8, 4) is 0 Å². The fraction of sp³-hybridized carbons (Fsp3) is 0.973. The van der Waals surface area contributed by atoms with Gasteiger partial charge in [-0.05, 0) is 128 Å². The molecule has 0 aromatic carbocycles. The van der Waals surface area contributed by atoms with E-state index in [2.05, 4.69) is 48.5 Å². The lowest BCUT2D eigenvalue weighted by Gasteiger charge is -2.64. The van der Waals surface area contributed by atoms with Crippen LogP contribution in [0.1, 0.15) is 132 Å². The molecule has 0 spiro atoms. The molecule has 2 N–H and O–H groups in total. The highest BCUT2D eigenvalue weighted by molar-refractivity contribution is 7.89. The summed E-state index contributed by atoms with van der Waals surface area (Å²) in [7, 11) is -3.54. The number of carbonyl (C=O) groups is 1. The molecule has 0 unspecified atom stereocenters. The number of ketones is 1. The summed E-state index contributed by atoms with van der Waals surface area (Å²) in [6.07, 6.45) is 11.9. The zero-order chi connectivity index (χ0) is 32.2. The maximum absolute atomic E-state index is 13.0. The molecule has 0 aromatic rings. The molecule has 0 aromatic heterocycles. The number of Topliss-reactive ketones (excluding diaryl/α,β-unsaturated/α-hetero) is 1. The van der Waals surface area contributed by atoms with Crippen LogP contribution in [0.25, 0.3) is 0 Å². The maximum atomic E-state index is 13.0. The zero-order valence-corrected chi connectivity index (χ0v) is 29.9. The number of aliphatic hydroxyl groups is 2. The van der Waals surface area contributed by atoms with Gasteiger partial charge in [0.2, 0.25) is 10.0 Å². The molecule has 1 aliphatic heterocycles. The third-order valence-corrected chi connectivity index (χ3v) is 16.5. The molecule has 0 bridgehead atoms. The number of carbonyl (C=O) groups excluding carboxylic acids is 1. The minimum atomic E-state index is -3.54. The topological polar surface area (TPSA) is 94.9 Å². The molecule has 0 radical (unpaired) electrons. The summed E-state index contributed by atoms with van der Waals surface area (Å²) in [5.74, 6) is 3.25. The number of piperidine rings is 1. The SMILES string of the molecule is CC[C@H]1[C@@H](O)[C@@H]2[C@H](CC[C@]3(C)[C@@H]([C@H](C)CCCC(=O)CS(=O)(=O)N4CCC(C(C)(C)C)CC4)CC[C@@H]23)[C@@]2(C)CC[C@@H](O)C[C@@H]12. The van der Waals surface area contributed by atoms with Crippen molar-refractivity contribution in [3.63, 3.8) is 0 Å². The first-order valence-corrected chi connectivity index (χ1v) is 20.0. The number of rotatable bonds is 9. The van der Waals surface area contributed by atoms with E-state index in [4.69, 9.17) is 0 Å². The average molecular weight is 636 g/mol. The standard InChI is InChI=1S/C37H65NO5S/c1-8-28-32-22-26(39)14-18-37(32,7)31-15-19-36(6)29(12-13-30(36)33(31)34(28)41)24(2)10-9-11-27(40)23-44(42,43)38-20-16-25(17-21-38)35(3,4)5/h24-26,28-34,39,41H,8-23H2,1-7H3/t24-,26-,28-,29-,30+,31+,32+,33+,34-,36-,37-/m1/s1. The van der Waals surface area contributed by atoms with Gasteiger partial charge in [0.1, 0.15) is 11.5 Å². The molecule has 5 rings (SSSR count). The van der Waals surface area contributed by atoms with Crippen LogP contribution in [0, 0.1) is 63.6 Å². The number of fused-ring (bicyclic) bond motifs is 5. The van der Waals surface area contributed by atoms with Crippen molar-refractivity contribution >= 4 is 15.8 Å². The Hall–Kier alpha value is -0.500. The Labute approximate surface area is 269 Å². The van der Waals surface area contributed by atoms with E-state index in [0.717, 1.165) is 51.4 Å². The van der Waals surface area contributed by atoms with Crippen LogP contribution in [-0.4, -0.2) is 59.8 Å². The Morgan fingerprint density at radius 2 is 1.57 bits per heavy atom. The molecule has 1 saturated heterocycles. The second-order valence-electron chi connectivity index (χ2n) is 17.8. The maximum Gasteiger partial charge on any atom is 0.221 e. The molecule has 0 amide bonds. The summed E-state index contributed by atoms with van der Waals surface area (Å²) in [5.41, 5.74) is 0.620. The van der Waals surface area contributed by atoms with Crippen molar-refractivity contribution in [2.45, 2.75) is 144 Å². The molecule has 5 fully saturated rings. The van der Waals surface area contributed by atoms with E-state index in [0.29, 0.717) is 60.9 Å². The molecular weight excluding hydrogens is 570 g/mol. The molecule has 4 aliphatic carbocycles. The van der Waals surface area contributed by atoms with Gasteiger partial charge in [0.15, 0.2) is 0 Å². The van der Waals surface area contributed by atoms with Gasteiger partial charge in [-0.25, -0.2) is 12.7 Å². The van der Waals surface area contributed by atoms with Crippen LogP contribution in [-0.2, 0) is 14.8 Å². The summed E-state index contributed by atoms with van der Waals surface area (Å²) in [4.78, 5) is 12.9. The van der Waals surface area contributed by atoms with E-state index in [-0.39, 0.29) is 45.9 Å². The Bertz CT molecular complexity index is 1130. The number of aliphatic hydroxyl groups excluding tert-OH is 2. The predicted molar refractivity (Wildman–Crippen MR) is 177 cm³/mol. The smallest absolute Gasteiger partial charge is 0.221 e. The van der Waals surface area contributed by atoms with Crippen LogP contribution in [0.15, 0.2) is 0 Å². The van der Waals surface area contributed by atoms with Gasteiger partial charge in [0.05, 0.1) is 12.2 Å². The first-order valence-electron chi connectivity index (χ1n) is 18.4. The normalized spacial score (nSPS) is 42.8. The van der Waals surface area contributed by atoms with Gasteiger partial charge in [0.25, 0.3) is 0 Å². The Kier molecular flexibility index (Phi) is 10.2.